The summed E-state index contributed by atoms with van der Waals surface area (Å²) in [4.78, 5) is 23.2. The molecule has 0 fully saturated rings. The van der Waals surface area contributed by atoms with E-state index < -0.39 is 0 Å². The number of nitrogens with one attached hydrogen (secondary N) is 2. The fraction of sp³-hybridized carbons (Fsp3) is 0. The highest BCUT2D eigenvalue weighted by Gasteiger charge is 2.10. The highest BCUT2D eigenvalue weighted by atomic mass is 16.1. The van der Waals surface area contributed by atoms with E-state index in [0.717, 1.165) is 11.0 Å². The second-order valence-corrected chi connectivity index (χ2v) is 4.10. The largest absolute Gasteiger partial charge is 0.345 e. The minimum absolute atomic E-state index is 0.254. The van der Waals surface area contributed by atoms with Crippen molar-refractivity contribution in [3.05, 3.63) is 54.0 Å². The van der Waals surface area contributed by atoms with Crippen LogP contribution in [0.4, 0.5) is 5.82 Å². The van der Waals surface area contributed by atoms with E-state index in [4.69, 9.17) is 5.26 Å². The van der Waals surface area contributed by atoms with Crippen molar-refractivity contribution in [2.45, 2.75) is 0 Å². The Morgan fingerprint density at radius 1 is 1.30 bits per heavy atom. The molecule has 0 saturated heterocycles. The summed E-state index contributed by atoms with van der Waals surface area (Å²) in [5.41, 5.74) is 2.36. The lowest BCUT2D eigenvalue weighted by Crippen LogP contribution is -2.13. The van der Waals surface area contributed by atoms with Gasteiger partial charge in [0.05, 0.1) is 22.9 Å². The molecule has 3 aromatic rings. The van der Waals surface area contributed by atoms with Crippen molar-refractivity contribution < 1.29 is 4.79 Å². The Hall–Kier alpha value is -3.20. The summed E-state index contributed by atoms with van der Waals surface area (Å²) in [7, 11) is 0. The van der Waals surface area contributed by atoms with E-state index in [1.165, 1.54) is 6.20 Å². The zero-order chi connectivity index (χ0) is 13.9. The molecule has 0 aliphatic carbocycles. The molecule has 2 heterocycles. The molecule has 2 aromatic heterocycles. The third kappa shape index (κ3) is 2.08. The van der Waals surface area contributed by atoms with Crippen LogP contribution in [0.15, 0.2) is 42.9 Å². The summed E-state index contributed by atoms with van der Waals surface area (Å²) >= 11 is 0. The van der Waals surface area contributed by atoms with E-state index in [-0.39, 0.29) is 11.7 Å². The maximum Gasteiger partial charge on any atom is 0.256 e. The van der Waals surface area contributed by atoms with Crippen LogP contribution < -0.4 is 5.32 Å². The Kier molecular flexibility index (Phi) is 2.86. The van der Waals surface area contributed by atoms with Crippen LogP contribution in [0.2, 0.25) is 0 Å². The first-order valence-electron chi connectivity index (χ1n) is 5.87. The Labute approximate surface area is 114 Å². The van der Waals surface area contributed by atoms with Gasteiger partial charge in [-0.15, -0.1) is 0 Å². The molecule has 0 saturated carbocycles. The van der Waals surface area contributed by atoms with E-state index in [9.17, 15) is 4.79 Å². The molecule has 3 rings (SSSR count). The number of hydrogen-bond donors (Lipinski definition) is 2. The van der Waals surface area contributed by atoms with Gasteiger partial charge in [0.1, 0.15) is 6.07 Å². The van der Waals surface area contributed by atoms with Crippen molar-refractivity contribution in [1.82, 2.24) is 15.0 Å². The fourth-order valence-electron chi connectivity index (χ4n) is 1.85. The molecule has 0 aliphatic heterocycles. The van der Waals surface area contributed by atoms with Gasteiger partial charge in [0.2, 0.25) is 0 Å². The predicted octanol–water partition coefficient (Wildman–Crippen LogP) is 2.08. The molecular weight excluding hydrogens is 254 g/mol. The normalized spacial score (nSPS) is 10.2. The summed E-state index contributed by atoms with van der Waals surface area (Å²) in [6.07, 6.45) is 3.09. The number of anilines is 1. The van der Waals surface area contributed by atoms with Crippen molar-refractivity contribution >= 4 is 22.8 Å². The Balaban J connectivity index is 1.91. The van der Waals surface area contributed by atoms with Gasteiger partial charge < -0.3 is 10.3 Å². The zero-order valence-electron chi connectivity index (χ0n) is 10.3. The number of nitrogens with zero attached hydrogens (tertiary/aromatic N) is 3. The number of rotatable bonds is 2. The number of aromatic amines is 1. The Morgan fingerprint density at radius 2 is 2.20 bits per heavy atom. The van der Waals surface area contributed by atoms with E-state index in [2.05, 4.69) is 20.3 Å². The monoisotopic (exact) mass is 263 g/mol. The van der Waals surface area contributed by atoms with Crippen molar-refractivity contribution in [2.24, 2.45) is 0 Å². The molecule has 96 valence electrons. The summed E-state index contributed by atoms with van der Waals surface area (Å²) < 4.78 is 0. The van der Waals surface area contributed by atoms with Crippen molar-refractivity contribution in [3.63, 3.8) is 0 Å². The van der Waals surface area contributed by atoms with Crippen LogP contribution >= 0.6 is 0 Å². The lowest BCUT2D eigenvalue weighted by molar-refractivity contribution is 0.102. The first kappa shape index (κ1) is 11.9. The van der Waals surface area contributed by atoms with Gasteiger partial charge in [-0.3, -0.25) is 4.79 Å². The smallest absolute Gasteiger partial charge is 0.256 e. The maximum absolute atomic E-state index is 12.2. The molecule has 0 atom stereocenters. The molecule has 0 bridgehead atoms. The Morgan fingerprint density at radius 3 is 3.05 bits per heavy atom. The third-order valence-electron chi connectivity index (χ3n) is 2.84. The summed E-state index contributed by atoms with van der Waals surface area (Å²) in [6, 6.07) is 10.4. The summed E-state index contributed by atoms with van der Waals surface area (Å²) in [6.45, 7) is 0. The first-order valence-corrected chi connectivity index (χ1v) is 5.87. The second-order valence-electron chi connectivity index (χ2n) is 4.10. The number of carbonyl (C=O) groups excluding carboxylic acids is 1. The van der Waals surface area contributed by atoms with E-state index in [1.54, 1.807) is 36.7 Å². The second kappa shape index (κ2) is 4.82. The van der Waals surface area contributed by atoms with Crippen LogP contribution in [0, 0.1) is 11.3 Å². The van der Waals surface area contributed by atoms with Crippen LogP contribution in [-0.2, 0) is 0 Å². The van der Waals surface area contributed by atoms with Crippen molar-refractivity contribution in [2.75, 3.05) is 5.32 Å². The lowest BCUT2D eigenvalue weighted by Gasteiger charge is -2.05. The highest BCUT2D eigenvalue weighted by molar-refractivity contribution is 6.05. The van der Waals surface area contributed by atoms with Crippen molar-refractivity contribution in [3.8, 4) is 6.07 Å². The van der Waals surface area contributed by atoms with Gasteiger partial charge in [0.15, 0.2) is 5.82 Å². The zero-order valence-corrected chi connectivity index (χ0v) is 10.3. The van der Waals surface area contributed by atoms with Crippen molar-refractivity contribution in [1.29, 1.82) is 5.26 Å². The Bertz CT molecular complexity index is 831. The van der Waals surface area contributed by atoms with Gasteiger partial charge in [-0.05, 0) is 30.3 Å². The topological polar surface area (TPSA) is 94.5 Å². The molecule has 6 nitrogen and oxygen atoms in total. The predicted molar refractivity (Wildman–Crippen MR) is 73.0 cm³/mol. The number of H-pyrrole nitrogens is 1. The van der Waals surface area contributed by atoms with Crippen LogP contribution in [0.5, 0.6) is 0 Å². The van der Waals surface area contributed by atoms with Crippen LogP contribution in [-0.4, -0.2) is 20.9 Å². The van der Waals surface area contributed by atoms with E-state index in [0.29, 0.717) is 11.1 Å². The molecule has 0 radical (unpaired) electrons. The minimum atomic E-state index is -0.322. The molecule has 2 N–H and O–H groups in total. The number of imidazole rings is 1. The number of aromatic nitrogens is 3. The molecule has 1 aromatic carbocycles. The number of nitriles is 1. The van der Waals surface area contributed by atoms with Gasteiger partial charge >= 0.3 is 0 Å². The molecule has 0 unspecified atom stereocenters. The average molecular weight is 263 g/mol. The number of pyridine rings is 1. The highest BCUT2D eigenvalue weighted by Crippen LogP contribution is 2.15. The number of amides is 1. The van der Waals surface area contributed by atoms with Gasteiger partial charge in [-0.25, -0.2) is 9.97 Å². The number of benzene rings is 1. The molecule has 0 spiro atoms. The fourth-order valence-corrected chi connectivity index (χ4v) is 1.85. The quantitative estimate of drug-likeness (QED) is 0.740. The third-order valence-corrected chi connectivity index (χ3v) is 2.84. The van der Waals surface area contributed by atoms with Gasteiger partial charge in [-0.1, -0.05) is 0 Å². The summed E-state index contributed by atoms with van der Waals surface area (Å²) in [5, 5.41) is 11.6. The van der Waals surface area contributed by atoms with Crippen LogP contribution in [0.25, 0.3) is 11.0 Å². The SMILES string of the molecule is N#Cc1cccnc1NC(=O)c1ccc2nc[nH]c2c1. The maximum atomic E-state index is 12.2. The van der Waals surface area contributed by atoms with E-state index in [1.807, 2.05) is 6.07 Å². The van der Waals surface area contributed by atoms with Gasteiger partial charge in [0, 0.05) is 11.8 Å². The summed E-state index contributed by atoms with van der Waals surface area (Å²) in [5.74, 6) is -0.0681. The molecule has 0 aliphatic rings. The molecular formula is C14H9N5O. The number of hydrogen-bond acceptors (Lipinski definition) is 4. The minimum Gasteiger partial charge on any atom is -0.345 e. The van der Waals surface area contributed by atoms with Gasteiger partial charge in [0.25, 0.3) is 5.91 Å². The molecule has 1 amide bonds. The number of carbonyl (C=O) groups is 1. The van der Waals surface area contributed by atoms with Crippen LogP contribution in [0.3, 0.4) is 0 Å². The number of fused-ring (bicyclic) bond motifs is 1. The standard InChI is InChI=1S/C14H9N5O/c15-7-10-2-1-5-16-13(10)19-14(20)9-3-4-11-12(6-9)18-8-17-11/h1-6,8H,(H,17,18)(H,16,19,20). The molecule has 6 heteroatoms. The van der Waals surface area contributed by atoms with E-state index >= 15 is 0 Å². The van der Waals surface area contributed by atoms with Gasteiger partial charge in [-0.2, -0.15) is 5.26 Å². The first-order chi connectivity index (χ1) is 9.78. The lowest BCUT2D eigenvalue weighted by atomic mass is 10.2. The average Bonchev–Trinajstić information content (AvgIpc) is 2.95. The van der Waals surface area contributed by atoms with Crippen LogP contribution in [0.1, 0.15) is 15.9 Å². The molecule has 20 heavy (non-hydrogen) atoms.